The van der Waals surface area contributed by atoms with Crippen molar-refractivity contribution in [3.05, 3.63) is 63.6 Å². The van der Waals surface area contributed by atoms with Crippen molar-refractivity contribution in [1.29, 1.82) is 0 Å². The van der Waals surface area contributed by atoms with Gasteiger partial charge in [0.15, 0.2) is 0 Å². The highest BCUT2D eigenvalue weighted by molar-refractivity contribution is 7.89. The second-order valence-electron chi connectivity index (χ2n) is 6.48. The van der Waals surface area contributed by atoms with E-state index in [1.807, 2.05) is 6.92 Å². The van der Waals surface area contributed by atoms with Gasteiger partial charge >= 0.3 is 0 Å². The highest BCUT2D eigenvalue weighted by atomic mass is 35.5. The van der Waals surface area contributed by atoms with Crippen LogP contribution in [-0.4, -0.2) is 50.6 Å². The molecule has 0 aromatic heterocycles. The lowest BCUT2D eigenvalue weighted by Crippen LogP contribution is -2.49. The Morgan fingerprint density at radius 2 is 1.58 bits per heavy atom. The lowest BCUT2D eigenvalue weighted by molar-refractivity contribution is -0.128. The zero-order chi connectivity index (χ0) is 23.2. The predicted molar refractivity (Wildman–Crippen MR) is 116 cm³/mol. The number of nitrogens with one attached hydrogen (secondary N) is 3. The largest absolute Gasteiger partial charge is 0.343 e. The van der Waals surface area contributed by atoms with Crippen LogP contribution in [-0.2, 0) is 19.6 Å². The molecule has 0 heterocycles. The molecule has 12 heteroatoms. The number of nitrogens with zero attached hydrogens (tertiary/aromatic N) is 1. The molecule has 9 nitrogen and oxygen atoms in total. The molecule has 166 valence electrons. The molecule has 0 radical (unpaired) electrons. The Morgan fingerprint density at radius 3 is 2.19 bits per heavy atom. The first-order valence-electron chi connectivity index (χ1n) is 8.84. The maximum Gasteiger partial charge on any atom is 0.257 e. The van der Waals surface area contributed by atoms with Crippen LogP contribution in [0, 0.1) is 6.92 Å². The number of carbonyl (C=O) groups is 3. The van der Waals surface area contributed by atoms with E-state index in [4.69, 9.17) is 23.2 Å². The van der Waals surface area contributed by atoms with Gasteiger partial charge in [0.2, 0.25) is 10.0 Å². The topological polar surface area (TPSA) is 125 Å². The molecule has 0 aliphatic heterocycles. The van der Waals surface area contributed by atoms with Crippen molar-refractivity contribution in [3.8, 4) is 0 Å². The molecule has 0 saturated carbocycles. The molecule has 0 bridgehead atoms. The van der Waals surface area contributed by atoms with Crippen molar-refractivity contribution in [2.75, 3.05) is 20.1 Å². The molecule has 0 atom stereocenters. The Balaban J connectivity index is 1.81. The first-order chi connectivity index (χ1) is 14.5. The molecule has 3 N–H and O–H groups in total. The van der Waals surface area contributed by atoms with Gasteiger partial charge in [-0.2, -0.15) is 4.31 Å². The number of sulfonamides is 1. The molecular weight excluding hydrogens is 467 g/mol. The maximum atomic E-state index is 12.5. The van der Waals surface area contributed by atoms with Gasteiger partial charge in [-0.1, -0.05) is 40.9 Å². The quantitative estimate of drug-likeness (QED) is 0.511. The van der Waals surface area contributed by atoms with Gasteiger partial charge in [0, 0.05) is 12.1 Å². The molecule has 0 aliphatic rings. The summed E-state index contributed by atoms with van der Waals surface area (Å²) < 4.78 is 25.8. The van der Waals surface area contributed by atoms with Crippen molar-refractivity contribution in [2.24, 2.45) is 0 Å². The van der Waals surface area contributed by atoms with E-state index in [2.05, 4.69) is 16.2 Å². The number of rotatable bonds is 7. The molecule has 0 saturated heterocycles. The van der Waals surface area contributed by atoms with Crippen LogP contribution in [0.2, 0.25) is 10.0 Å². The number of hydrogen-bond acceptors (Lipinski definition) is 5. The lowest BCUT2D eigenvalue weighted by Gasteiger charge is -2.17. The van der Waals surface area contributed by atoms with Crippen molar-refractivity contribution in [2.45, 2.75) is 11.8 Å². The van der Waals surface area contributed by atoms with Gasteiger partial charge in [-0.25, -0.2) is 8.42 Å². The van der Waals surface area contributed by atoms with Crippen LogP contribution in [0.3, 0.4) is 0 Å². The van der Waals surface area contributed by atoms with Crippen LogP contribution in [0.25, 0.3) is 0 Å². The average Bonchev–Trinajstić information content (AvgIpc) is 2.70. The SMILES string of the molecule is Cc1ccc(S(=O)(=O)N(C)CC(=O)NNC(=O)CNC(=O)c2ccc(Cl)cc2Cl)cc1. The third kappa shape index (κ3) is 6.93. The Bertz CT molecular complexity index is 1090. The van der Waals surface area contributed by atoms with E-state index in [0.717, 1.165) is 9.87 Å². The van der Waals surface area contributed by atoms with Crippen LogP contribution < -0.4 is 16.2 Å². The standard InChI is InChI=1S/C19H20Cl2N4O5S/c1-12-3-6-14(7-4-12)31(29,30)25(2)11-18(27)24-23-17(26)10-22-19(28)15-8-5-13(20)9-16(15)21/h3-9H,10-11H2,1-2H3,(H,22,28)(H,23,26)(H,24,27). The van der Waals surface area contributed by atoms with Crippen LogP contribution >= 0.6 is 23.2 Å². The smallest absolute Gasteiger partial charge is 0.257 e. The van der Waals surface area contributed by atoms with Crippen LogP contribution in [0.4, 0.5) is 0 Å². The molecule has 2 aromatic carbocycles. The molecule has 0 spiro atoms. The van der Waals surface area contributed by atoms with E-state index in [1.54, 1.807) is 12.1 Å². The van der Waals surface area contributed by atoms with Gasteiger partial charge in [0.1, 0.15) is 0 Å². The van der Waals surface area contributed by atoms with Crippen LogP contribution in [0.15, 0.2) is 47.4 Å². The summed E-state index contributed by atoms with van der Waals surface area (Å²) in [6.45, 7) is 0.849. The predicted octanol–water partition coefficient (Wildman–Crippen LogP) is 1.50. The number of halogens is 2. The number of benzene rings is 2. The number of hydrazine groups is 1. The fourth-order valence-electron chi connectivity index (χ4n) is 2.33. The summed E-state index contributed by atoms with van der Waals surface area (Å²) >= 11 is 11.7. The van der Waals surface area contributed by atoms with Gasteiger partial charge < -0.3 is 5.32 Å². The Labute approximate surface area is 189 Å². The summed E-state index contributed by atoms with van der Waals surface area (Å²) in [4.78, 5) is 35.9. The minimum absolute atomic E-state index is 0.0426. The average molecular weight is 487 g/mol. The van der Waals surface area contributed by atoms with Crippen molar-refractivity contribution >= 4 is 50.9 Å². The molecule has 2 rings (SSSR count). The number of amides is 3. The lowest BCUT2D eigenvalue weighted by atomic mass is 10.2. The Hall–Kier alpha value is -2.66. The molecule has 0 aliphatic carbocycles. The first kappa shape index (κ1) is 24.6. The summed E-state index contributed by atoms with van der Waals surface area (Å²) in [7, 11) is -2.63. The normalized spacial score (nSPS) is 11.1. The fourth-order valence-corrected chi connectivity index (χ4v) is 3.95. The zero-order valence-corrected chi connectivity index (χ0v) is 18.9. The van der Waals surface area contributed by atoms with E-state index < -0.39 is 40.8 Å². The molecule has 2 aromatic rings. The van der Waals surface area contributed by atoms with E-state index in [-0.39, 0.29) is 15.5 Å². The Morgan fingerprint density at radius 1 is 0.968 bits per heavy atom. The van der Waals surface area contributed by atoms with Gasteiger partial charge in [-0.15, -0.1) is 0 Å². The molecular formula is C19H20Cl2N4O5S. The highest BCUT2D eigenvalue weighted by Crippen LogP contribution is 2.20. The maximum absolute atomic E-state index is 12.5. The minimum atomic E-state index is -3.87. The van der Waals surface area contributed by atoms with Gasteiger partial charge in [-0.05, 0) is 37.3 Å². The first-order valence-corrected chi connectivity index (χ1v) is 11.0. The molecule has 3 amide bonds. The van der Waals surface area contributed by atoms with Crippen LogP contribution in [0.5, 0.6) is 0 Å². The number of hydrogen-bond donors (Lipinski definition) is 3. The zero-order valence-electron chi connectivity index (χ0n) is 16.6. The van der Waals surface area contributed by atoms with E-state index >= 15 is 0 Å². The molecule has 31 heavy (non-hydrogen) atoms. The summed E-state index contributed by atoms with van der Waals surface area (Å²) in [6.07, 6.45) is 0. The van der Waals surface area contributed by atoms with Crippen molar-refractivity contribution < 1.29 is 22.8 Å². The van der Waals surface area contributed by atoms with Crippen molar-refractivity contribution in [3.63, 3.8) is 0 Å². The summed E-state index contributed by atoms with van der Waals surface area (Å²) in [6, 6.07) is 10.4. The van der Waals surface area contributed by atoms with E-state index in [1.165, 1.54) is 37.4 Å². The third-order valence-electron chi connectivity index (χ3n) is 4.02. The second kappa shape index (κ2) is 10.6. The summed E-state index contributed by atoms with van der Waals surface area (Å²) in [5.41, 5.74) is 5.20. The Kier molecular flexibility index (Phi) is 8.40. The summed E-state index contributed by atoms with van der Waals surface area (Å²) in [5, 5.41) is 2.82. The van der Waals surface area contributed by atoms with Crippen molar-refractivity contribution in [1.82, 2.24) is 20.5 Å². The van der Waals surface area contributed by atoms with E-state index in [9.17, 15) is 22.8 Å². The van der Waals surface area contributed by atoms with Crippen LogP contribution in [0.1, 0.15) is 15.9 Å². The fraction of sp³-hybridized carbons (Fsp3) is 0.211. The molecule has 0 unspecified atom stereocenters. The highest BCUT2D eigenvalue weighted by Gasteiger charge is 2.23. The second-order valence-corrected chi connectivity index (χ2v) is 9.37. The number of carbonyl (C=O) groups excluding carboxylic acids is 3. The van der Waals surface area contributed by atoms with Gasteiger partial charge in [0.25, 0.3) is 17.7 Å². The molecule has 0 fully saturated rings. The van der Waals surface area contributed by atoms with E-state index in [0.29, 0.717) is 5.02 Å². The number of likely N-dealkylation sites (N-methyl/N-ethyl adjacent to an activating group) is 1. The minimum Gasteiger partial charge on any atom is -0.343 e. The monoisotopic (exact) mass is 486 g/mol. The van der Waals surface area contributed by atoms with Gasteiger partial charge in [0.05, 0.1) is 28.6 Å². The summed E-state index contributed by atoms with van der Waals surface area (Å²) in [5.74, 6) is -2.10. The van der Waals surface area contributed by atoms with Gasteiger partial charge in [-0.3, -0.25) is 25.2 Å². The number of aryl methyl sites for hydroxylation is 1. The third-order valence-corrected chi connectivity index (χ3v) is 6.39.